The molecule has 1 aromatic carbocycles. The summed E-state index contributed by atoms with van der Waals surface area (Å²) in [5.41, 5.74) is 2.17. The summed E-state index contributed by atoms with van der Waals surface area (Å²) < 4.78 is 10.1. The van der Waals surface area contributed by atoms with Gasteiger partial charge in [-0.25, -0.2) is 0 Å². The molecular formula is C18H20N2O4. The van der Waals surface area contributed by atoms with Crippen molar-refractivity contribution < 1.29 is 18.7 Å². The first kappa shape index (κ1) is 16.3. The van der Waals surface area contributed by atoms with E-state index in [-0.39, 0.29) is 11.8 Å². The molecule has 2 aromatic rings. The second-order valence-electron chi connectivity index (χ2n) is 5.73. The average molecular weight is 328 g/mol. The maximum atomic E-state index is 12.6. The summed E-state index contributed by atoms with van der Waals surface area (Å²) in [6.07, 6.45) is 2.93. The first-order valence-electron chi connectivity index (χ1n) is 7.87. The van der Waals surface area contributed by atoms with E-state index in [0.717, 1.165) is 5.56 Å². The number of carbonyl (C=O) groups is 2. The second kappa shape index (κ2) is 7.31. The monoisotopic (exact) mass is 328 g/mol. The van der Waals surface area contributed by atoms with Crippen molar-refractivity contribution >= 4 is 11.8 Å². The Morgan fingerprint density at radius 1 is 1.04 bits per heavy atom. The minimum atomic E-state index is -0.0575. The maximum Gasteiger partial charge on any atom is 0.257 e. The van der Waals surface area contributed by atoms with E-state index >= 15 is 0 Å². The zero-order valence-corrected chi connectivity index (χ0v) is 13.6. The molecule has 0 bridgehead atoms. The van der Waals surface area contributed by atoms with Gasteiger partial charge < -0.3 is 19.0 Å². The van der Waals surface area contributed by atoms with Gasteiger partial charge in [-0.3, -0.25) is 9.59 Å². The largest absolute Gasteiger partial charge is 0.472 e. The highest BCUT2D eigenvalue weighted by atomic mass is 16.5. The molecule has 3 rings (SSSR count). The fourth-order valence-corrected chi connectivity index (χ4v) is 2.82. The highest BCUT2D eigenvalue weighted by Crippen LogP contribution is 2.13. The molecule has 1 aliphatic heterocycles. The molecule has 0 radical (unpaired) electrons. The number of amides is 2. The minimum absolute atomic E-state index is 0.0108. The maximum absolute atomic E-state index is 12.6. The number of nitrogens with zero attached hydrogens (tertiary/aromatic N) is 2. The molecule has 0 spiro atoms. The van der Waals surface area contributed by atoms with E-state index in [1.54, 1.807) is 23.0 Å². The quantitative estimate of drug-likeness (QED) is 0.861. The van der Waals surface area contributed by atoms with Crippen LogP contribution in [-0.2, 0) is 11.3 Å². The molecule has 0 atom stereocenters. The lowest BCUT2D eigenvalue weighted by Crippen LogP contribution is -2.50. The Morgan fingerprint density at radius 2 is 1.71 bits per heavy atom. The molecular weight excluding hydrogens is 308 g/mol. The van der Waals surface area contributed by atoms with E-state index in [1.807, 2.05) is 24.3 Å². The van der Waals surface area contributed by atoms with Crippen LogP contribution in [0.2, 0.25) is 0 Å². The summed E-state index contributed by atoms with van der Waals surface area (Å²) in [5, 5.41) is 0. The van der Waals surface area contributed by atoms with Crippen molar-refractivity contribution in [3.8, 4) is 0 Å². The first-order valence-corrected chi connectivity index (χ1v) is 7.87. The molecule has 0 unspecified atom stereocenters. The molecule has 126 valence electrons. The third-order valence-electron chi connectivity index (χ3n) is 4.11. The van der Waals surface area contributed by atoms with Gasteiger partial charge in [-0.15, -0.1) is 0 Å². The van der Waals surface area contributed by atoms with Crippen molar-refractivity contribution in [2.45, 2.75) is 6.61 Å². The van der Waals surface area contributed by atoms with Crippen molar-refractivity contribution in [2.75, 3.05) is 33.3 Å². The Hall–Kier alpha value is -2.60. The Morgan fingerprint density at radius 3 is 2.29 bits per heavy atom. The summed E-state index contributed by atoms with van der Waals surface area (Å²) >= 11 is 0. The Labute approximate surface area is 140 Å². The Kier molecular flexibility index (Phi) is 4.96. The van der Waals surface area contributed by atoms with E-state index in [0.29, 0.717) is 43.9 Å². The number of ether oxygens (including phenoxy) is 1. The fraction of sp³-hybridized carbons (Fsp3) is 0.333. The number of piperazine rings is 1. The Balaban J connectivity index is 1.61. The van der Waals surface area contributed by atoms with Gasteiger partial charge >= 0.3 is 0 Å². The number of furan rings is 1. The van der Waals surface area contributed by atoms with Gasteiger partial charge in [0.1, 0.15) is 6.26 Å². The first-order chi connectivity index (χ1) is 11.7. The number of hydrogen-bond acceptors (Lipinski definition) is 4. The van der Waals surface area contributed by atoms with Crippen LogP contribution >= 0.6 is 0 Å². The van der Waals surface area contributed by atoms with E-state index in [9.17, 15) is 9.59 Å². The van der Waals surface area contributed by atoms with Gasteiger partial charge in [0.25, 0.3) is 11.8 Å². The molecule has 6 nitrogen and oxygen atoms in total. The van der Waals surface area contributed by atoms with Crippen LogP contribution in [0.3, 0.4) is 0 Å². The molecule has 1 aromatic heterocycles. The van der Waals surface area contributed by atoms with Crippen molar-refractivity contribution in [3.05, 3.63) is 59.5 Å². The standard InChI is InChI=1S/C18H20N2O4/c1-23-12-14-3-2-4-15(11-14)17(21)19-6-8-20(9-7-19)18(22)16-5-10-24-13-16/h2-5,10-11,13H,6-9,12H2,1H3. The van der Waals surface area contributed by atoms with Crippen molar-refractivity contribution in [2.24, 2.45) is 0 Å². The molecule has 2 heterocycles. The number of benzene rings is 1. The summed E-state index contributed by atoms with van der Waals surface area (Å²) in [7, 11) is 1.63. The normalized spacial score (nSPS) is 14.7. The van der Waals surface area contributed by atoms with Crippen LogP contribution in [0.1, 0.15) is 26.3 Å². The van der Waals surface area contributed by atoms with Crippen molar-refractivity contribution in [3.63, 3.8) is 0 Å². The van der Waals surface area contributed by atoms with Crippen LogP contribution in [-0.4, -0.2) is 54.9 Å². The van der Waals surface area contributed by atoms with E-state index in [1.165, 1.54) is 12.5 Å². The molecule has 6 heteroatoms. The predicted octanol–water partition coefficient (Wildman–Crippen LogP) is 2.02. The van der Waals surface area contributed by atoms with Gasteiger partial charge in [-0.2, -0.15) is 0 Å². The average Bonchev–Trinajstić information content (AvgIpc) is 3.16. The lowest BCUT2D eigenvalue weighted by molar-refractivity contribution is 0.0535. The number of hydrogen-bond donors (Lipinski definition) is 0. The van der Waals surface area contributed by atoms with Gasteiger partial charge in [0.05, 0.1) is 18.4 Å². The topological polar surface area (TPSA) is 63.0 Å². The summed E-state index contributed by atoms with van der Waals surface area (Å²) in [5.74, 6) is -0.0682. The predicted molar refractivity (Wildman–Crippen MR) is 87.7 cm³/mol. The highest BCUT2D eigenvalue weighted by Gasteiger charge is 2.25. The molecule has 24 heavy (non-hydrogen) atoms. The van der Waals surface area contributed by atoms with Crippen LogP contribution < -0.4 is 0 Å². The molecule has 1 saturated heterocycles. The lowest BCUT2D eigenvalue weighted by atomic mass is 10.1. The molecule has 0 saturated carbocycles. The molecule has 1 aliphatic rings. The van der Waals surface area contributed by atoms with Gasteiger partial charge in [0, 0.05) is 38.9 Å². The van der Waals surface area contributed by atoms with Crippen LogP contribution in [0.25, 0.3) is 0 Å². The minimum Gasteiger partial charge on any atom is -0.472 e. The van der Waals surface area contributed by atoms with E-state index in [2.05, 4.69) is 0 Å². The molecule has 1 fully saturated rings. The zero-order chi connectivity index (χ0) is 16.9. The van der Waals surface area contributed by atoms with Gasteiger partial charge in [-0.1, -0.05) is 12.1 Å². The summed E-state index contributed by atoms with van der Waals surface area (Å²) in [6.45, 7) is 2.57. The van der Waals surface area contributed by atoms with Gasteiger partial charge in [-0.05, 0) is 23.8 Å². The van der Waals surface area contributed by atoms with Gasteiger partial charge in [0.15, 0.2) is 0 Å². The molecule has 2 amide bonds. The van der Waals surface area contributed by atoms with Crippen LogP contribution in [0, 0.1) is 0 Å². The zero-order valence-electron chi connectivity index (χ0n) is 13.6. The van der Waals surface area contributed by atoms with Crippen LogP contribution in [0.15, 0.2) is 47.3 Å². The third-order valence-corrected chi connectivity index (χ3v) is 4.11. The summed E-state index contributed by atoms with van der Waals surface area (Å²) in [6, 6.07) is 9.11. The molecule has 0 N–H and O–H groups in total. The highest BCUT2D eigenvalue weighted by molar-refractivity contribution is 5.95. The lowest BCUT2D eigenvalue weighted by Gasteiger charge is -2.34. The molecule has 0 aliphatic carbocycles. The fourth-order valence-electron chi connectivity index (χ4n) is 2.82. The van der Waals surface area contributed by atoms with Crippen LogP contribution in [0.5, 0.6) is 0 Å². The van der Waals surface area contributed by atoms with Crippen molar-refractivity contribution in [1.82, 2.24) is 9.80 Å². The second-order valence-corrected chi connectivity index (χ2v) is 5.73. The smallest absolute Gasteiger partial charge is 0.257 e. The van der Waals surface area contributed by atoms with Gasteiger partial charge in [0.2, 0.25) is 0 Å². The number of carbonyl (C=O) groups excluding carboxylic acids is 2. The van der Waals surface area contributed by atoms with Crippen molar-refractivity contribution in [1.29, 1.82) is 0 Å². The van der Waals surface area contributed by atoms with E-state index in [4.69, 9.17) is 9.15 Å². The summed E-state index contributed by atoms with van der Waals surface area (Å²) in [4.78, 5) is 28.4. The number of rotatable bonds is 4. The third kappa shape index (κ3) is 3.49. The van der Waals surface area contributed by atoms with Crippen LogP contribution in [0.4, 0.5) is 0 Å². The SMILES string of the molecule is COCc1cccc(C(=O)N2CCN(C(=O)c3ccoc3)CC2)c1. The van der Waals surface area contributed by atoms with E-state index < -0.39 is 0 Å². The Bertz CT molecular complexity index is 704. The number of methoxy groups -OCH3 is 1.